The maximum absolute atomic E-state index is 12.2. The number of ether oxygens (including phenoxy) is 1. The molecule has 0 rings (SSSR count). The standard InChI is InChI=1S/C14H28F2N4O2.HI/c1-7-17-11(18-8-10(15)16)19-9-14(5,6)20-12(21)22-13(2,3)4;/h10H,7-9H2,1-6H3,(H,20,21)(H2,17,18,19);1H. The molecule has 138 valence electrons. The molecule has 1 amide bonds. The number of nitrogens with zero attached hydrogens (tertiary/aromatic N) is 1. The lowest BCUT2D eigenvalue weighted by Crippen LogP contribution is -2.49. The molecule has 0 bridgehead atoms. The third kappa shape index (κ3) is 14.5. The van der Waals surface area contributed by atoms with E-state index in [1.807, 2.05) is 6.92 Å². The SMILES string of the molecule is CCNC(=NCC(C)(C)NC(=O)OC(C)(C)C)NCC(F)F.I. The van der Waals surface area contributed by atoms with E-state index in [0.717, 1.165) is 0 Å². The van der Waals surface area contributed by atoms with Crippen LogP contribution in [0.2, 0.25) is 0 Å². The molecule has 0 aromatic carbocycles. The van der Waals surface area contributed by atoms with Crippen LogP contribution in [-0.4, -0.2) is 49.3 Å². The molecule has 0 heterocycles. The maximum atomic E-state index is 12.2. The summed E-state index contributed by atoms with van der Waals surface area (Å²) in [5.74, 6) is 0.280. The third-order valence-electron chi connectivity index (χ3n) is 2.24. The van der Waals surface area contributed by atoms with Crippen LogP contribution in [0, 0.1) is 0 Å². The van der Waals surface area contributed by atoms with E-state index in [9.17, 15) is 13.6 Å². The molecule has 0 radical (unpaired) electrons. The highest BCUT2D eigenvalue weighted by Gasteiger charge is 2.24. The van der Waals surface area contributed by atoms with Crippen LogP contribution in [0.4, 0.5) is 13.6 Å². The van der Waals surface area contributed by atoms with Crippen LogP contribution in [-0.2, 0) is 4.74 Å². The lowest BCUT2D eigenvalue weighted by atomic mass is 10.1. The number of nitrogens with one attached hydrogen (secondary N) is 3. The summed E-state index contributed by atoms with van der Waals surface area (Å²) in [6.45, 7) is 11.0. The van der Waals surface area contributed by atoms with Crippen LogP contribution >= 0.6 is 24.0 Å². The van der Waals surface area contributed by atoms with Gasteiger partial charge in [-0.05, 0) is 41.5 Å². The van der Waals surface area contributed by atoms with Gasteiger partial charge in [-0.3, -0.25) is 4.99 Å². The van der Waals surface area contributed by atoms with E-state index >= 15 is 0 Å². The van der Waals surface area contributed by atoms with Gasteiger partial charge >= 0.3 is 6.09 Å². The lowest BCUT2D eigenvalue weighted by molar-refractivity contribution is 0.0476. The van der Waals surface area contributed by atoms with Gasteiger partial charge in [0.2, 0.25) is 0 Å². The third-order valence-corrected chi connectivity index (χ3v) is 2.24. The minimum atomic E-state index is -2.46. The number of hydrogen-bond acceptors (Lipinski definition) is 3. The van der Waals surface area contributed by atoms with Crippen LogP contribution < -0.4 is 16.0 Å². The molecular formula is C14H29F2IN4O2. The Morgan fingerprint density at radius 3 is 2.17 bits per heavy atom. The van der Waals surface area contributed by atoms with E-state index in [-0.39, 0.29) is 36.5 Å². The minimum Gasteiger partial charge on any atom is -0.444 e. The van der Waals surface area contributed by atoms with Gasteiger partial charge < -0.3 is 20.7 Å². The lowest BCUT2D eigenvalue weighted by Gasteiger charge is -2.27. The zero-order valence-electron chi connectivity index (χ0n) is 14.6. The highest BCUT2D eigenvalue weighted by Crippen LogP contribution is 2.09. The predicted octanol–water partition coefficient (Wildman–Crippen LogP) is 2.73. The van der Waals surface area contributed by atoms with Crippen molar-refractivity contribution in [1.82, 2.24) is 16.0 Å². The second-order valence-electron chi connectivity index (χ2n) is 6.48. The monoisotopic (exact) mass is 450 g/mol. The zero-order valence-corrected chi connectivity index (χ0v) is 17.0. The van der Waals surface area contributed by atoms with E-state index in [4.69, 9.17) is 4.74 Å². The summed E-state index contributed by atoms with van der Waals surface area (Å²) >= 11 is 0. The Labute approximate surface area is 154 Å². The highest BCUT2D eigenvalue weighted by molar-refractivity contribution is 14.0. The van der Waals surface area contributed by atoms with Crippen LogP contribution in [0.25, 0.3) is 0 Å². The molecule has 0 aromatic heterocycles. The second kappa shape index (κ2) is 10.8. The average Bonchev–Trinajstić information content (AvgIpc) is 2.29. The number of alkyl carbamates (subject to hydrolysis) is 1. The summed E-state index contributed by atoms with van der Waals surface area (Å²) in [5.41, 5.74) is -1.26. The Balaban J connectivity index is 0. The molecule has 0 saturated carbocycles. The van der Waals surface area contributed by atoms with Gasteiger partial charge in [-0.15, -0.1) is 24.0 Å². The van der Waals surface area contributed by atoms with E-state index in [2.05, 4.69) is 20.9 Å². The Morgan fingerprint density at radius 1 is 1.17 bits per heavy atom. The fraction of sp³-hybridized carbons (Fsp3) is 0.857. The number of amides is 1. The van der Waals surface area contributed by atoms with Crippen molar-refractivity contribution in [3.05, 3.63) is 0 Å². The van der Waals surface area contributed by atoms with Crippen LogP contribution in [0.5, 0.6) is 0 Å². The van der Waals surface area contributed by atoms with Gasteiger partial charge in [0.05, 0.1) is 18.6 Å². The van der Waals surface area contributed by atoms with E-state index in [0.29, 0.717) is 6.54 Å². The van der Waals surface area contributed by atoms with E-state index in [1.54, 1.807) is 34.6 Å². The maximum Gasteiger partial charge on any atom is 0.408 e. The zero-order chi connectivity index (χ0) is 17.4. The molecule has 9 heteroatoms. The number of rotatable bonds is 6. The number of halogens is 3. The summed E-state index contributed by atoms with van der Waals surface area (Å²) < 4.78 is 29.6. The molecule has 0 aromatic rings. The van der Waals surface area contributed by atoms with Gasteiger partial charge in [0.25, 0.3) is 6.43 Å². The number of hydrogen-bond donors (Lipinski definition) is 3. The Kier molecular flexibility index (Phi) is 11.5. The van der Waals surface area contributed by atoms with Gasteiger partial charge in [0, 0.05) is 6.54 Å². The molecule has 23 heavy (non-hydrogen) atoms. The average molecular weight is 450 g/mol. The molecule has 0 aliphatic heterocycles. The number of aliphatic imine (C=N–C) groups is 1. The fourth-order valence-electron chi connectivity index (χ4n) is 1.41. The summed E-state index contributed by atoms with van der Waals surface area (Å²) in [5, 5.41) is 8.10. The molecular weight excluding hydrogens is 421 g/mol. The summed E-state index contributed by atoms with van der Waals surface area (Å²) in [6.07, 6.45) is -3.00. The van der Waals surface area contributed by atoms with Gasteiger partial charge in [-0.1, -0.05) is 0 Å². The summed E-state index contributed by atoms with van der Waals surface area (Å²) in [6, 6.07) is 0. The molecule has 6 nitrogen and oxygen atoms in total. The Morgan fingerprint density at radius 2 is 1.74 bits per heavy atom. The van der Waals surface area contributed by atoms with Gasteiger partial charge in [-0.25, -0.2) is 13.6 Å². The quantitative estimate of drug-likeness (QED) is 0.331. The molecule has 0 saturated heterocycles. The van der Waals surface area contributed by atoms with Crippen molar-refractivity contribution >= 4 is 36.0 Å². The molecule has 0 aliphatic carbocycles. The van der Waals surface area contributed by atoms with Crippen molar-refractivity contribution in [2.24, 2.45) is 4.99 Å². The molecule has 3 N–H and O–H groups in total. The summed E-state index contributed by atoms with van der Waals surface area (Å²) in [4.78, 5) is 15.9. The molecule has 0 unspecified atom stereocenters. The smallest absolute Gasteiger partial charge is 0.408 e. The van der Waals surface area contributed by atoms with Crippen molar-refractivity contribution < 1.29 is 18.3 Å². The van der Waals surface area contributed by atoms with Crippen molar-refractivity contribution in [2.45, 2.75) is 59.1 Å². The first-order chi connectivity index (χ1) is 9.95. The highest BCUT2D eigenvalue weighted by atomic mass is 127. The van der Waals surface area contributed by atoms with Crippen LogP contribution in [0.1, 0.15) is 41.5 Å². The first-order valence-corrected chi connectivity index (χ1v) is 7.26. The summed E-state index contributed by atoms with van der Waals surface area (Å²) in [7, 11) is 0. The second-order valence-corrected chi connectivity index (χ2v) is 6.48. The topological polar surface area (TPSA) is 74.8 Å². The van der Waals surface area contributed by atoms with E-state index in [1.165, 1.54) is 0 Å². The molecule has 0 spiro atoms. The van der Waals surface area contributed by atoms with Crippen molar-refractivity contribution in [2.75, 3.05) is 19.6 Å². The molecule has 0 atom stereocenters. The van der Waals surface area contributed by atoms with Gasteiger partial charge in [-0.2, -0.15) is 0 Å². The van der Waals surface area contributed by atoms with Crippen molar-refractivity contribution in [3.8, 4) is 0 Å². The fourth-order valence-corrected chi connectivity index (χ4v) is 1.41. The largest absolute Gasteiger partial charge is 0.444 e. The first-order valence-electron chi connectivity index (χ1n) is 7.26. The molecule has 0 fully saturated rings. The van der Waals surface area contributed by atoms with Crippen LogP contribution in [0.3, 0.4) is 0 Å². The molecule has 0 aliphatic rings. The Bertz CT molecular complexity index is 385. The number of carbonyl (C=O) groups is 1. The number of guanidine groups is 1. The predicted molar refractivity (Wildman–Crippen MR) is 98.8 cm³/mol. The first kappa shape index (κ1) is 24.4. The van der Waals surface area contributed by atoms with Gasteiger partial charge in [0.15, 0.2) is 5.96 Å². The minimum absolute atomic E-state index is 0. The van der Waals surface area contributed by atoms with Gasteiger partial charge in [0.1, 0.15) is 5.60 Å². The van der Waals surface area contributed by atoms with Crippen molar-refractivity contribution in [1.29, 1.82) is 0 Å². The Hall–Kier alpha value is -0.870. The van der Waals surface area contributed by atoms with Crippen molar-refractivity contribution in [3.63, 3.8) is 0 Å². The van der Waals surface area contributed by atoms with Crippen LogP contribution in [0.15, 0.2) is 4.99 Å². The normalized spacial score (nSPS) is 12.5. The van der Waals surface area contributed by atoms with E-state index < -0.39 is 30.2 Å². The number of carbonyl (C=O) groups excluding carboxylic acids is 1. The number of alkyl halides is 2.